The van der Waals surface area contributed by atoms with E-state index in [-0.39, 0.29) is 15.6 Å². The van der Waals surface area contributed by atoms with Crippen LogP contribution in [0.25, 0.3) is 0 Å². The monoisotopic (exact) mass is 334 g/mol. The van der Waals surface area contributed by atoms with Crippen molar-refractivity contribution in [2.75, 3.05) is 0 Å². The first-order valence-electron chi connectivity index (χ1n) is 3.47. The summed E-state index contributed by atoms with van der Waals surface area (Å²) in [6, 6.07) is 2.91. The molecule has 1 aromatic carbocycles. The SMILES string of the molecule is FC(F)c1ccc(C(F)(F)Br)c(Br)c1. The highest BCUT2D eigenvalue weighted by Crippen LogP contribution is 2.39. The molecule has 0 atom stereocenters. The van der Waals surface area contributed by atoms with Crippen molar-refractivity contribution in [1.29, 1.82) is 0 Å². The number of hydrogen-bond donors (Lipinski definition) is 0. The molecule has 0 heterocycles. The lowest BCUT2D eigenvalue weighted by atomic mass is 10.1. The average Bonchev–Trinajstić information content (AvgIpc) is 2.01. The summed E-state index contributed by atoms with van der Waals surface area (Å²) in [4.78, 5) is -3.22. The van der Waals surface area contributed by atoms with Gasteiger partial charge in [0.2, 0.25) is 0 Å². The molecular formula is C8H4Br2F4. The average molecular weight is 336 g/mol. The van der Waals surface area contributed by atoms with Crippen LogP contribution in [0.1, 0.15) is 17.6 Å². The Labute approximate surface area is 94.6 Å². The van der Waals surface area contributed by atoms with Gasteiger partial charge >= 0.3 is 4.83 Å². The molecule has 0 unspecified atom stereocenters. The van der Waals surface area contributed by atoms with E-state index < -0.39 is 11.3 Å². The maximum absolute atomic E-state index is 12.7. The summed E-state index contributed by atoms with van der Waals surface area (Å²) in [5, 5.41) is 0. The lowest BCUT2D eigenvalue weighted by Gasteiger charge is -2.11. The van der Waals surface area contributed by atoms with Crippen LogP contribution in [0.4, 0.5) is 17.6 Å². The Bertz CT molecular complexity index is 333. The quantitative estimate of drug-likeness (QED) is 0.536. The second kappa shape index (κ2) is 4.18. The molecule has 0 amide bonds. The Hall–Kier alpha value is -0.100. The van der Waals surface area contributed by atoms with Crippen LogP contribution in [-0.2, 0) is 4.83 Å². The minimum atomic E-state index is -3.22. The highest BCUT2D eigenvalue weighted by molar-refractivity contribution is 9.11. The van der Waals surface area contributed by atoms with Gasteiger partial charge in [0.15, 0.2) is 0 Å². The second-order valence-electron chi connectivity index (χ2n) is 2.54. The van der Waals surface area contributed by atoms with Crippen LogP contribution in [0.5, 0.6) is 0 Å². The summed E-state index contributed by atoms with van der Waals surface area (Å²) in [7, 11) is 0. The number of benzene rings is 1. The summed E-state index contributed by atoms with van der Waals surface area (Å²) < 4.78 is 49.8. The third-order valence-electron chi connectivity index (χ3n) is 1.55. The fourth-order valence-corrected chi connectivity index (χ4v) is 2.15. The molecule has 1 rings (SSSR count). The lowest BCUT2D eigenvalue weighted by Crippen LogP contribution is -2.04. The highest BCUT2D eigenvalue weighted by atomic mass is 79.9. The van der Waals surface area contributed by atoms with Crippen LogP contribution in [0.2, 0.25) is 0 Å². The summed E-state index contributed by atoms with van der Waals surface area (Å²) >= 11 is 4.96. The molecule has 0 nitrogen and oxygen atoms in total. The maximum atomic E-state index is 12.7. The zero-order valence-corrected chi connectivity index (χ0v) is 9.75. The van der Waals surface area contributed by atoms with Gasteiger partial charge in [-0.1, -0.05) is 28.1 Å². The standard InChI is InChI=1S/C8H4Br2F4/c9-6-3-4(7(11)12)1-2-5(6)8(10,13)14/h1-3,7H. The van der Waals surface area contributed by atoms with E-state index in [9.17, 15) is 17.6 Å². The van der Waals surface area contributed by atoms with E-state index in [0.29, 0.717) is 0 Å². The zero-order valence-electron chi connectivity index (χ0n) is 6.58. The Kier molecular flexibility index (Phi) is 3.58. The molecule has 0 saturated heterocycles. The first-order valence-corrected chi connectivity index (χ1v) is 5.06. The third kappa shape index (κ3) is 2.70. The van der Waals surface area contributed by atoms with Crippen LogP contribution in [0.15, 0.2) is 22.7 Å². The van der Waals surface area contributed by atoms with Crippen LogP contribution >= 0.6 is 31.9 Å². The molecule has 0 aliphatic carbocycles. The van der Waals surface area contributed by atoms with E-state index >= 15 is 0 Å². The van der Waals surface area contributed by atoms with Crippen LogP contribution in [0, 0.1) is 0 Å². The Morgan fingerprint density at radius 3 is 2.14 bits per heavy atom. The Morgan fingerprint density at radius 2 is 1.79 bits per heavy atom. The van der Waals surface area contributed by atoms with Gasteiger partial charge in [0.1, 0.15) is 0 Å². The van der Waals surface area contributed by atoms with E-state index in [1.807, 2.05) is 0 Å². The fraction of sp³-hybridized carbons (Fsp3) is 0.250. The molecule has 0 aliphatic rings. The van der Waals surface area contributed by atoms with E-state index in [1.165, 1.54) is 0 Å². The normalized spacial score (nSPS) is 12.2. The van der Waals surface area contributed by atoms with Crippen molar-refractivity contribution in [1.82, 2.24) is 0 Å². The largest absolute Gasteiger partial charge is 0.327 e. The van der Waals surface area contributed by atoms with Gasteiger partial charge in [-0.25, -0.2) is 8.78 Å². The van der Waals surface area contributed by atoms with Crippen molar-refractivity contribution >= 4 is 31.9 Å². The Morgan fingerprint density at radius 1 is 1.21 bits per heavy atom. The van der Waals surface area contributed by atoms with Gasteiger partial charge in [0, 0.05) is 15.6 Å². The molecule has 0 radical (unpaired) electrons. The molecule has 0 bridgehead atoms. The van der Waals surface area contributed by atoms with Gasteiger partial charge in [0.05, 0.1) is 0 Å². The summed E-state index contributed by atoms with van der Waals surface area (Å²) in [5.74, 6) is 0. The topological polar surface area (TPSA) is 0 Å². The van der Waals surface area contributed by atoms with Gasteiger partial charge in [-0.05, 0) is 22.0 Å². The number of halogens is 6. The van der Waals surface area contributed by atoms with Crippen molar-refractivity contribution < 1.29 is 17.6 Å². The highest BCUT2D eigenvalue weighted by Gasteiger charge is 2.29. The molecule has 0 aromatic heterocycles. The summed E-state index contributed by atoms with van der Waals surface area (Å²) in [5.41, 5.74) is -0.667. The molecule has 0 N–H and O–H groups in total. The van der Waals surface area contributed by atoms with Gasteiger partial charge in [-0.15, -0.1) is 0 Å². The first kappa shape index (κ1) is 12.0. The number of alkyl halides is 5. The van der Waals surface area contributed by atoms with Crippen molar-refractivity contribution in [3.05, 3.63) is 33.8 Å². The summed E-state index contributed by atoms with van der Waals surface area (Å²) in [6.07, 6.45) is -2.66. The molecule has 14 heavy (non-hydrogen) atoms. The van der Waals surface area contributed by atoms with Crippen molar-refractivity contribution in [3.8, 4) is 0 Å². The first-order chi connectivity index (χ1) is 6.32. The summed E-state index contributed by atoms with van der Waals surface area (Å²) in [6.45, 7) is 0. The van der Waals surface area contributed by atoms with Gasteiger partial charge in [-0.2, -0.15) is 8.78 Å². The fourth-order valence-electron chi connectivity index (χ4n) is 0.897. The van der Waals surface area contributed by atoms with Crippen molar-refractivity contribution in [2.24, 2.45) is 0 Å². The number of hydrogen-bond acceptors (Lipinski definition) is 0. The molecule has 0 spiro atoms. The van der Waals surface area contributed by atoms with Crippen LogP contribution in [-0.4, -0.2) is 0 Å². The van der Waals surface area contributed by atoms with E-state index in [0.717, 1.165) is 18.2 Å². The van der Waals surface area contributed by atoms with E-state index in [1.54, 1.807) is 0 Å². The molecule has 0 aliphatic heterocycles. The smallest absolute Gasteiger partial charge is 0.205 e. The molecule has 78 valence electrons. The molecule has 0 saturated carbocycles. The van der Waals surface area contributed by atoms with Gasteiger partial charge in [-0.3, -0.25) is 0 Å². The van der Waals surface area contributed by atoms with Crippen LogP contribution < -0.4 is 0 Å². The van der Waals surface area contributed by atoms with E-state index in [2.05, 4.69) is 31.9 Å². The van der Waals surface area contributed by atoms with Crippen molar-refractivity contribution in [3.63, 3.8) is 0 Å². The third-order valence-corrected chi connectivity index (χ3v) is 2.63. The zero-order chi connectivity index (χ0) is 10.9. The van der Waals surface area contributed by atoms with Gasteiger partial charge < -0.3 is 0 Å². The lowest BCUT2D eigenvalue weighted by molar-refractivity contribution is 0.113. The predicted molar refractivity (Wildman–Crippen MR) is 51.9 cm³/mol. The maximum Gasteiger partial charge on any atom is 0.327 e. The predicted octanol–water partition coefficient (Wildman–Crippen LogP) is 4.83. The molecule has 6 heteroatoms. The number of rotatable bonds is 2. The Balaban J connectivity index is 3.15. The molecule has 0 fully saturated rings. The molecule has 1 aromatic rings. The minimum Gasteiger partial charge on any atom is -0.205 e. The van der Waals surface area contributed by atoms with E-state index in [4.69, 9.17) is 0 Å². The van der Waals surface area contributed by atoms with Gasteiger partial charge in [0.25, 0.3) is 6.43 Å². The van der Waals surface area contributed by atoms with Crippen LogP contribution in [0.3, 0.4) is 0 Å². The molecular weight excluding hydrogens is 332 g/mol. The minimum absolute atomic E-state index is 0.0443. The van der Waals surface area contributed by atoms with Crippen molar-refractivity contribution in [2.45, 2.75) is 11.3 Å². The second-order valence-corrected chi connectivity index (χ2v) is 4.39.